The normalized spacial score (nSPS) is 11.0. The molecule has 0 spiro atoms. The molecule has 1 heterocycles. The lowest BCUT2D eigenvalue weighted by Gasteiger charge is -2.17. The van der Waals surface area contributed by atoms with E-state index >= 15 is 4.39 Å². The van der Waals surface area contributed by atoms with E-state index < -0.39 is 42.8 Å². The van der Waals surface area contributed by atoms with Crippen molar-refractivity contribution >= 4 is 56.9 Å². The Bertz CT molecular complexity index is 1170. The smallest absolute Gasteiger partial charge is 0.333 e. The average molecular weight is 560 g/mol. The summed E-state index contributed by atoms with van der Waals surface area (Å²) in [6.45, 7) is -1.04. The first-order valence-corrected chi connectivity index (χ1v) is 10.3. The number of rotatable bonds is 6. The first-order chi connectivity index (χ1) is 15.2. The number of urea groups is 1. The molecular weight excluding hydrogens is 541 g/mol. The summed E-state index contributed by atoms with van der Waals surface area (Å²) in [6.07, 6.45) is 1.36. The maximum absolute atomic E-state index is 15.3. The van der Waals surface area contributed by atoms with Crippen LogP contribution in [0.15, 0.2) is 30.6 Å². The van der Waals surface area contributed by atoms with Gasteiger partial charge in [0.15, 0.2) is 5.82 Å². The lowest BCUT2D eigenvalue weighted by atomic mass is 10.1. The van der Waals surface area contributed by atoms with Gasteiger partial charge >= 0.3 is 6.03 Å². The molecule has 2 aromatic carbocycles. The summed E-state index contributed by atoms with van der Waals surface area (Å²) in [7, 11) is 1.61. The monoisotopic (exact) mass is 560 g/mol. The third kappa shape index (κ3) is 5.05. The lowest BCUT2D eigenvalue weighted by molar-refractivity contribution is 0.0935. The molecule has 3 rings (SSSR count). The average Bonchev–Trinajstić information content (AvgIpc) is 3.14. The highest BCUT2D eigenvalue weighted by molar-refractivity contribution is 14.1. The van der Waals surface area contributed by atoms with E-state index in [-0.39, 0.29) is 22.5 Å². The first kappa shape index (κ1) is 23.6. The van der Waals surface area contributed by atoms with Gasteiger partial charge in [0.05, 0.1) is 48.0 Å². The van der Waals surface area contributed by atoms with Gasteiger partial charge in [-0.15, -0.1) is 0 Å². The molecule has 0 bridgehead atoms. The third-order valence-electron chi connectivity index (χ3n) is 4.46. The quantitative estimate of drug-likeness (QED) is 0.200. The van der Waals surface area contributed by atoms with Crippen LogP contribution in [0.2, 0.25) is 0 Å². The number of carbonyl (C=O) groups excluding carboxylic acids is 2. The number of aliphatic hydroxyl groups is 2. The highest BCUT2D eigenvalue weighted by atomic mass is 127. The fourth-order valence-corrected chi connectivity index (χ4v) is 3.26. The molecule has 0 aliphatic heterocycles. The van der Waals surface area contributed by atoms with Crippen molar-refractivity contribution in [2.24, 2.45) is 7.05 Å². The number of fused-ring (bicyclic) bond motifs is 1. The minimum Gasteiger partial charge on any atom is -0.394 e. The van der Waals surface area contributed by atoms with Gasteiger partial charge in [0.2, 0.25) is 0 Å². The number of halogens is 3. The number of hydrogen-bond donors (Lipinski definition) is 6. The molecule has 0 aliphatic carbocycles. The molecule has 3 amide bonds. The molecule has 13 heteroatoms. The molecule has 0 fully saturated rings. The highest BCUT2D eigenvalue weighted by Crippen LogP contribution is 2.31. The Morgan fingerprint density at radius 1 is 1.19 bits per heavy atom. The molecule has 0 radical (unpaired) electrons. The van der Waals surface area contributed by atoms with Crippen molar-refractivity contribution in [2.75, 3.05) is 18.5 Å². The molecule has 0 atom stereocenters. The fraction of sp³-hybridized carbons (Fsp3) is 0.211. The second-order valence-corrected chi connectivity index (χ2v) is 7.95. The van der Waals surface area contributed by atoms with Crippen LogP contribution < -0.4 is 21.5 Å². The molecule has 6 N–H and O–H groups in total. The van der Waals surface area contributed by atoms with Crippen molar-refractivity contribution in [3.05, 3.63) is 51.4 Å². The number of hydrogen-bond acceptors (Lipinski definition) is 6. The molecule has 3 aromatic rings. The Morgan fingerprint density at radius 2 is 1.91 bits per heavy atom. The standard InChI is InChI=1S/C19H19F2IN6O4/c1-28-8-23-17-14(28)5-11(18(31)26-27-19(32)24-10(6-29)7-30)16(15(17)21)25-13-3-2-9(22)4-12(13)20/h2-5,8,10,25,29-30H,6-7H2,1H3,(H,26,31)(H2,24,27,32). The number of anilines is 2. The summed E-state index contributed by atoms with van der Waals surface area (Å²) < 4.78 is 31.7. The van der Waals surface area contributed by atoms with E-state index in [1.54, 1.807) is 13.1 Å². The number of benzene rings is 2. The van der Waals surface area contributed by atoms with Crippen LogP contribution in [0.1, 0.15) is 10.4 Å². The Morgan fingerprint density at radius 3 is 2.56 bits per heavy atom. The van der Waals surface area contributed by atoms with E-state index in [1.165, 1.54) is 29.1 Å². The van der Waals surface area contributed by atoms with E-state index in [9.17, 15) is 14.0 Å². The number of aromatic nitrogens is 2. The van der Waals surface area contributed by atoms with Crippen molar-refractivity contribution in [2.45, 2.75) is 6.04 Å². The van der Waals surface area contributed by atoms with E-state index in [1.807, 2.05) is 28.0 Å². The van der Waals surface area contributed by atoms with E-state index in [0.29, 0.717) is 9.09 Å². The predicted molar refractivity (Wildman–Crippen MR) is 120 cm³/mol. The number of nitrogens with one attached hydrogen (secondary N) is 4. The molecular formula is C19H19F2IN6O4. The minimum absolute atomic E-state index is 0.0306. The topological polar surface area (TPSA) is 141 Å². The zero-order valence-electron chi connectivity index (χ0n) is 16.6. The second-order valence-electron chi connectivity index (χ2n) is 6.70. The summed E-state index contributed by atoms with van der Waals surface area (Å²) in [5.41, 5.74) is 3.80. The molecule has 0 aliphatic rings. The van der Waals surface area contributed by atoms with Gasteiger partial charge in [-0.1, -0.05) is 0 Å². The van der Waals surface area contributed by atoms with E-state index in [0.717, 1.165) is 0 Å². The number of hydrazine groups is 1. The van der Waals surface area contributed by atoms with Crippen molar-refractivity contribution in [3.8, 4) is 0 Å². The number of aliphatic hydroxyl groups excluding tert-OH is 2. The van der Waals surface area contributed by atoms with Gasteiger partial charge in [-0.25, -0.2) is 24.0 Å². The first-order valence-electron chi connectivity index (χ1n) is 9.19. The number of aryl methyl sites for hydroxylation is 1. The van der Waals surface area contributed by atoms with Crippen LogP contribution in [-0.4, -0.2) is 51.0 Å². The minimum atomic E-state index is -0.934. The van der Waals surface area contributed by atoms with Crippen molar-refractivity contribution in [1.82, 2.24) is 25.7 Å². The SMILES string of the molecule is Cn1cnc2c(F)c(Nc3ccc(I)cc3F)c(C(=O)NNC(=O)NC(CO)CO)cc21. The predicted octanol–water partition coefficient (Wildman–Crippen LogP) is 1.50. The van der Waals surface area contributed by atoms with Gasteiger partial charge in [0.1, 0.15) is 11.3 Å². The number of nitrogens with zero attached hydrogens (tertiary/aromatic N) is 2. The summed E-state index contributed by atoms with van der Waals surface area (Å²) in [4.78, 5) is 28.6. The Kier molecular flexibility index (Phi) is 7.42. The number of amides is 3. The van der Waals surface area contributed by atoms with Crippen LogP contribution >= 0.6 is 22.6 Å². The number of carbonyl (C=O) groups is 2. The van der Waals surface area contributed by atoms with E-state index in [2.05, 4.69) is 21.0 Å². The number of imidazole rings is 1. The maximum Gasteiger partial charge on any atom is 0.333 e. The summed E-state index contributed by atoms with van der Waals surface area (Å²) >= 11 is 1.93. The van der Waals surface area contributed by atoms with Crippen LogP contribution in [0.4, 0.5) is 25.0 Å². The molecule has 32 heavy (non-hydrogen) atoms. The fourth-order valence-electron chi connectivity index (χ4n) is 2.80. The zero-order chi connectivity index (χ0) is 23.4. The van der Waals surface area contributed by atoms with E-state index in [4.69, 9.17) is 10.2 Å². The molecule has 1 aromatic heterocycles. The zero-order valence-corrected chi connectivity index (χ0v) is 18.8. The van der Waals surface area contributed by atoms with Crippen LogP contribution in [0.3, 0.4) is 0 Å². The lowest BCUT2D eigenvalue weighted by Crippen LogP contribution is -2.51. The second kappa shape index (κ2) is 10.1. The van der Waals surface area contributed by atoms with Crippen LogP contribution in [-0.2, 0) is 7.05 Å². The van der Waals surface area contributed by atoms with Crippen molar-refractivity contribution in [1.29, 1.82) is 0 Å². The van der Waals surface area contributed by atoms with Gasteiger partial charge in [-0.3, -0.25) is 10.2 Å². The molecule has 0 unspecified atom stereocenters. The third-order valence-corrected chi connectivity index (χ3v) is 5.13. The van der Waals surface area contributed by atoms with Crippen LogP contribution in [0, 0.1) is 15.2 Å². The van der Waals surface area contributed by atoms with Crippen molar-refractivity contribution < 1.29 is 28.6 Å². The Hall–Kier alpha value is -3.04. The summed E-state index contributed by atoms with van der Waals surface area (Å²) in [5.74, 6) is -2.43. The molecule has 170 valence electrons. The summed E-state index contributed by atoms with van der Waals surface area (Å²) in [6, 6.07) is 3.74. The Labute approximate surface area is 194 Å². The van der Waals surface area contributed by atoms with Gasteiger partial charge < -0.3 is 25.4 Å². The largest absolute Gasteiger partial charge is 0.394 e. The van der Waals surface area contributed by atoms with Crippen LogP contribution in [0.5, 0.6) is 0 Å². The van der Waals surface area contributed by atoms with Crippen molar-refractivity contribution in [3.63, 3.8) is 0 Å². The molecule has 10 nitrogen and oxygen atoms in total. The molecule has 0 saturated heterocycles. The Balaban J connectivity index is 1.93. The van der Waals surface area contributed by atoms with Gasteiger partial charge in [0, 0.05) is 10.6 Å². The molecule has 0 saturated carbocycles. The maximum atomic E-state index is 15.3. The van der Waals surface area contributed by atoms with Gasteiger partial charge in [-0.05, 0) is 46.9 Å². The van der Waals surface area contributed by atoms with Gasteiger partial charge in [-0.2, -0.15) is 0 Å². The summed E-state index contributed by atoms with van der Waals surface area (Å²) in [5, 5.41) is 22.8. The van der Waals surface area contributed by atoms with Crippen LogP contribution in [0.25, 0.3) is 11.0 Å². The highest BCUT2D eigenvalue weighted by Gasteiger charge is 2.23. The van der Waals surface area contributed by atoms with Gasteiger partial charge in [0.25, 0.3) is 5.91 Å².